The van der Waals surface area contributed by atoms with Crippen LogP contribution in [0.1, 0.15) is 12.8 Å². The Morgan fingerprint density at radius 2 is 1.90 bits per heavy atom. The van der Waals surface area contributed by atoms with Gasteiger partial charge in [-0.3, -0.25) is 0 Å². The van der Waals surface area contributed by atoms with Crippen LogP contribution in [0.4, 0.5) is 5.69 Å². The highest BCUT2D eigenvalue weighted by Crippen LogP contribution is 2.42. The zero-order valence-corrected chi connectivity index (χ0v) is 13.2. The van der Waals surface area contributed by atoms with Crippen LogP contribution in [0, 0.1) is 17.8 Å². The molecule has 0 unspecified atom stereocenters. The molecule has 2 bridgehead atoms. The van der Waals surface area contributed by atoms with Crippen molar-refractivity contribution >= 4 is 17.3 Å². The average Bonchev–Trinajstić information content (AvgIpc) is 3.11. The molecule has 1 aliphatic heterocycles. The van der Waals surface area contributed by atoms with Gasteiger partial charge in [0.2, 0.25) is 0 Å². The van der Waals surface area contributed by atoms with Gasteiger partial charge in [-0.15, -0.1) is 0 Å². The van der Waals surface area contributed by atoms with E-state index in [9.17, 15) is 0 Å². The first-order chi connectivity index (χ1) is 10.3. The molecule has 1 heterocycles. The van der Waals surface area contributed by atoms with E-state index >= 15 is 0 Å². The van der Waals surface area contributed by atoms with Crippen LogP contribution in [0.25, 0.3) is 0 Å². The molecule has 3 atom stereocenters. The van der Waals surface area contributed by atoms with E-state index in [0.717, 1.165) is 35.9 Å². The molecule has 0 aromatic heterocycles. The molecule has 3 heteroatoms. The van der Waals surface area contributed by atoms with Crippen molar-refractivity contribution in [1.82, 2.24) is 0 Å². The third-order valence-corrected chi connectivity index (χ3v) is 5.95. The highest BCUT2D eigenvalue weighted by Gasteiger charge is 2.38. The maximum Gasteiger partial charge on any atom is 0.0949 e. The molecule has 112 valence electrons. The summed E-state index contributed by atoms with van der Waals surface area (Å²) in [5, 5.41) is 0.888. The fraction of sp³-hybridized carbons (Fsp3) is 0.556. The molecule has 2 fully saturated rings. The van der Waals surface area contributed by atoms with Gasteiger partial charge in [0.1, 0.15) is 0 Å². The van der Waals surface area contributed by atoms with E-state index in [-0.39, 0.29) is 0 Å². The summed E-state index contributed by atoms with van der Waals surface area (Å²) in [7, 11) is 0. The summed E-state index contributed by atoms with van der Waals surface area (Å²) in [6, 6.07) is 8.24. The fourth-order valence-electron chi connectivity index (χ4n) is 4.48. The minimum atomic E-state index is 0.888. The van der Waals surface area contributed by atoms with Gasteiger partial charge >= 0.3 is 0 Å². The lowest BCUT2D eigenvalue weighted by molar-refractivity contribution is -0.904. The van der Waals surface area contributed by atoms with Crippen LogP contribution in [-0.2, 0) is 0 Å². The molecule has 1 N–H and O–H groups in total. The summed E-state index contributed by atoms with van der Waals surface area (Å²) in [6.45, 7) is 6.15. The normalized spacial score (nSPS) is 32.0. The second kappa shape index (κ2) is 5.66. The lowest BCUT2D eigenvalue weighted by atomic mass is 9.93. The van der Waals surface area contributed by atoms with Crippen molar-refractivity contribution in [3.05, 3.63) is 41.4 Å². The summed E-state index contributed by atoms with van der Waals surface area (Å²) in [5.41, 5.74) is 1.21. The summed E-state index contributed by atoms with van der Waals surface area (Å²) in [4.78, 5) is 4.25. The third kappa shape index (κ3) is 2.72. The Kier molecular flexibility index (Phi) is 3.68. The molecule has 1 aromatic rings. The molecule has 2 aliphatic carbocycles. The first-order valence-electron chi connectivity index (χ1n) is 8.31. The molecule has 4 rings (SSSR count). The number of quaternary nitrogens is 1. The van der Waals surface area contributed by atoms with Crippen LogP contribution in [-0.4, -0.2) is 32.7 Å². The van der Waals surface area contributed by atoms with E-state index < -0.39 is 0 Å². The van der Waals surface area contributed by atoms with Gasteiger partial charge in [0, 0.05) is 5.92 Å². The lowest BCUT2D eigenvalue weighted by Crippen LogP contribution is -3.15. The van der Waals surface area contributed by atoms with Crippen molar-refractivity contribution in [2.45, 2.75) is 12.8 Å². The Balaban J connectivity index is 1.33. The number of halogens is 1. The molecule has 0 amide bonds. The Morgan fingerprint density at radius 3 is 2.57 bits per heavy atom. The molecular formula is C18H24ClN2+. The lowest BCUT2D eigenvalue weighted by Gasteiger charge is -2.35. The first kappa shape index (κ1) is 13.7. The van der Waals surface area contributed by atoms with Crippen molar-refractivity contribution in [2.75, 3.05) is 37.6 Å². The van der Waals surface area contributed by atoms with E-state index in [1.807, 2.05) is 12.1 Å². The fourth-order valence-corrected chi connectivity index (χ4v) is 4.73. The molecule has 2 nitrogen and oxygen atoms in total. The minimum absolute atomic E-state index is 0.888. The molecule has 1 aromatic carbocycles. The molecule has 0 spiro atoms. The van der Waals surface area contributed by atoms with E-state index in [4.69, 9.17) is 11.6 Å². The van der Waals surface area contributed by atoms with Gasteiger partial charge in [0.05, 0.1) is 43.4 Å². The molecule has 3 aliphatic rings. The molecule has 1 saturated heterocycles. The van der Waals surface area contributed by atoms with E-state index in [1.165, 1.54) is 38.2 Å². The van der Waals surface area contributed by atoms with E-state index in [1.54, 1.807) is 4.90 Å². The monoisotopic (exact) mass is 303 g/mol. The number of nitrogens with one attached hydrogen (secondary N) is 1. The Morgan fingerprint density at radius 1 is 1.10 bits per heavy atom. The Labute approximate surface area is 132 Å². The number of anilines is 1. The number of allylic oxidation sites excluding steroid dienone is 2. The third-order valence-electron chi connectivity index (χ3n) is 5.63. The highest BCUT2D eigenvalue weighted by atomic mass is 35.5. The smallest absolute Gasteiger partial charge is 0.0949 e. The number of fused-ring (bicyclic) bond motifs is 2. The van der Waals surface area contributed by atoms with Gasteiger partial charge < -0.3 is 9.80 Å². The van der Waals surface area contributed by atoms with Crippen LogP contribution in [0.3, 0.4) is 0 Å². The van der Waals surface area contributed by atoms with Crippen molar-refractivity contribution in [1.29, 1.82) is 0 Å². The number of rotatable bonds is 3. The van der Waals surface area contributed by atoms with Crippen LogP contribution in [0.5, 0.6) is 0 Å². The van der Waals surface area contributed by atoms with Crippen LogP contribution < -0.4 is 9.80 Å². The minimum Gasteiger partial charge on any atom is -0.359 e. The molecule has 0 radical (unpaired) electrons. The van der Waals surface area contributed by atoms with Crippen molar-refractivity contribution in [2.24, 2.45) is 17.8 Å². The number of benzene rings is 1. The molecular weight excluding hydrogens is 280 g/mol. The number of hydrogen-bond donors (Lipinski definition) is 1. The number of piperazine rings is 1. The Bertz CT molecular complexity index is 534. The van der Waals surface area contributed by atoms with Gasteiger partial charge in [-0.05, 0) is 36.8 Å². The topological polar surface area (TPSA) is 7.68 Å². The maximum atomic E-state index is 6.32. The largest absolute Gasteiger partial charge is 0.359 e. The average molecular weight is 304 g/mol. The summed E-state index contributed by atoms with van der Waals surface area (Å²) in [6.07, 6.45) is 7.81. The second-order valence-electron chi connectivity index (χ2n) is 6.93. The van der Waals surface area contributed by atoms with Crippen molar-refractivity contribution in [3.8, 4) is 0 Å². The quantitative estimate of drug-likeness (QED) is 0.842. The van der Waals surface area contributed by atoms with Crippen LogP contribution in [0.15, 0.2) is 36.4 Å². The summed E-state index contributed by atoms with van der Waals surface area (Å²) >= 11 is 6.32. The summed E-state index contributed by atoms with van der Waals surface area (Å²) < 4.78 is 0. The van der Waals surface area contributed by atoms with Crippen LogP contribution >= 0.6 is 11.6 Å². The van der Waals surface area contributed by atoms with Gasteiger partial charge in [0.15, 0.2) is 0 Å². The second-order valence-corrected chi connectivity index (χ2v) is 7.34. The van der Waals surface area contributed by atoms with Crippen LogP contribution in [0.2, 0.25) is 5.02 Å². The predicted octanol–water partition coefficient (Wildman–Crippen LogP) is 2.26. The number of hydrogen-bond acceptors (Lipinski definition) is 1. The van der Waals surface area contributed by atoms with Crippen molar-refractivity contribution in [3.63, 3.8) is 0 Å². The van der Waals surface area contributed by atoms with Crippen molar-refractivity contribution < 1.29 is 4.90 Å². The number of nitrogens with zero attached hydrogens (tertiary/aromatic N) is 1. The molecule has 1 saturated carbocycles. The standard InChI is InChI=1S/C18H23ClN2/c19-17-3-1-2-4-18(17)21-9-7-20(8-10-21)13-16-12-14-5-6-15(16)11-14/h1-6,14-16H,7-13H2/p+1/t14-,15+,16-/m1/s1. The highest BCUT2D eigenvalue weighted by molar-refractivity contribution is 6.33. The number of para-hydroxylation sites is 1. The Hall–Kier alpha value is -0.990. The zero-order chi connectivity index (χ0) is 14.2. The van der Waals surface area contributed by atoms with Gasteiger partial charge in [-0.2, -0.15) is 0 Å². The van der Waals surface area contributed by atoms with Gasteiger partial charge in [-0.1, -0.05) is 35.9 Å². The SMILES string of the molecule is Clc1ccccc1N1CC[NH+](C[C@H]2C[C@@H]3C=C[C@H]2C3)CC1. The van der Waals surface area contributed by atoms with Gasteiger partial charge in [0.25, 0.3) is 0 Å². The first-order valence-corrected chi connectivity index (χ1v) is 8.69. The van der Waals surface area contributed by atoms with E-state index in [0.29, 0.717) is 0 Å². The molecule has 21 heavy (non-hydrogen) atoms. The van der Waals surface area contributed by atoms with Gasteiger partial charge in [-0.25, -0.2) is 0 Å². The summed E-state index contributed by atoms with van der Waals surface area (Å²) in [5.74, 6) is 2.75. The maximum absolute atomic E-state index is 6.32. The van der Waals surface area contributed by atoms with E-state index in [2.05, 4.69) is 29.2 Å². The zero-order valence-electron chi connectivity index (χ0n) is 12.5. The predicted molar refractivity (Wildman–Crippen MR) is 88.1 cm³/mol.